The SMILES string of the molecule is COCC1(CN2CCc3ccccc3C2)CCNCC1. The lowest BCUT2D eigenvalue weighted by molar-refractivity contribution is 0.0189. The Balaban J connectivity index is 1.68. The zero-order valence-corrected chi connectivity index (χ0v) is 12.5. The van der Waals surface area contributed by atoms with E-state index >= 15 is 0 Å². The van der Waals surface area contributed by atoms with Crippen molar-refractivity contribution < 1.29 is 4.74 Å². The minimum atomic E-state index is 0.353. The van der Waals surface area contributed by atoms with E-state index < -0.39 is 0 Å². The first-order chi connectivity index (χ1) is 9.81. The summed E-state index contributed by atoms with van der Waals surface area (Å²) < 4.78 is 5.54. The van der Waals surface area contributed by atoms with E-state index in [9.17, 15) is 0 Å². The molecule has 1 aromatic rings. The second-order valence-corrected chi connectivity index (χ2v) is 6.41. The third-order valence-corrected chi connectivity index (χ3v) is 4.88. The van der Waals surface area contributed by atoms with E-state index in [-0.39, 0.29) is 0 Å². The van der Waals surface area contributed by atoms with E-state index in [2.05, 4.69) is 34.5 Å². The van der Waals surface area contributed by atoms with Gasteiger partial charge in [0.2, 0.25) is 0 Å². The summed E-state index contributed by atoms with van der Waals surface area (Å²) in [7, 11) is 1.84. The molecule has 110 valence electrons. The van der Waals surface area contributed by atoms with Crippen molar-refractivity contribution in [2.75, 3.05) is 39.9 Å². The van der Waals surface area contributed by atoms with Crippen LogP contribution in [0.15, 0.2) is 24.3 Å². The van der Waals surface area contributed by atoms with Gasteiger partial charge in [-0.1, -0.05) is 24.3 Å². The monoisotopic (exact) mass is 274 g/mol. The summed E-state index contributed by atoms with van der Waals surface area (Å²) in [4.78, 5) is 2.63. The second-order valence-electron chi connectivity index (χ2n) is 6.41. The molecule has 3 heteroatoms. The second kappa shape index (κ2) is 6.25. The van der Waals surface area contributed by atoms with Crippen LogP contribution < -0.4 is 5.32 Å². The highest BCUT2D eigenvalue weighted by atomic mass is 16.5. The van der Waals surface area contributed by atoms with Crippen LogP contribution in [0.5, 0.6) is 0 Å². The van der Waals surface area contributed by atoms with Gasteiger partial charge < -0.3 is 10.1 Å². The third-order valence-electron chi connectivity index (χ3n) is 4.88. The Morgan fingerprint density at radius 1 is 1.20 bits per heavy atom. The topological polar surface area (TPSA) is 24.5 Å². The first-order valence-electron chi connectivity index (χ1n) is 7.80. The summed E-state index contributed by atoms with van der Waals surface area (Å²) in [6.07, 6.45) is 3.66. The molecule has 0 spiro atoms. The van der Waals surface area contributed by atoms with Crippen LogP contribution in [0, 0.1) is 5.41 Å². The molecule has 0 aromatic heterocycles. The lowest BCUT2D eigenvalue weighted by Gasteiger charge is -2.42. The van der Waals surface area contributed by atoms with Crippen LogP contribution in [0.4, 0.5) is 0 Å². The van der Waals surface area contributed by atoms with E-state index in [4.69, 9.17) is 4.74 Å². The third kappa shape index (κ3) is 3.05. The van der Waals surface area contributed by atoms with Gasteiger partial charge in [-0.15, -0.1) is 0 Å². The molecule has 0 aliphatic carbocycles. The fourth-order valence-electron chi connectivity index (χ4n) is 3.77. The van der Waals surface area contributed by atoms with Gasteiger partial charge in [-0.2, -0.15) is 0 Å². The molecule has 0 bridgehead atoms. The summed E-state index contributed by atoms with van der Waals surface area (Å²) in [6.45, 7) is 6.64. The highest BCUT2D eigenvalue weighted by Gasteiger charge is 2.34. The van der Waals surface area contributed by atoms with Crippen molar-refractivity contribution in [3.8, 4) is 0 Å². The average molecular weight is 274 g/mol. The highest BCUT2D eigenvalue weighted by Crippen LogP contribution is 2.32. The Morgan fingerprint density at radius 2 is 1.95 bits per heavy atom. The molecule has 3 rings (SSSR count). The Hall–Kier alpha value is -0.900. The molecule has 0 amide bonds. The molecule has 20 heavy (non-hydrogen) atoms. The van der Waals surface area contributed by atoms with Gasteiger partial charge >= 0.3 is 0 Å². The number of ether oxygens (including phenoxy) is 1. The van der Waals surface area contributed by atoms with Crippen LogP contribution in [-0.4, -0.2) is 44.8 Å². The number of piperidine rings is 1. The van der Waals surface area contributed by atoms with Gasteiger partial charge in [0.15, 0.2) is 0 Å². The normalized spacial score (nSPS) is 22.4. The van der Waals surface area contributed by atoms with Gasteiger partial charge in [-0.25, -0.2) is 0 Å². The predicted octanol–water partition coefficient (Wildman–Crippen LogP) is 2.06. The molecule has 1 saturated heterocycles. The number of fused-ring (bicyclic) bond motifs is 1. The molecule has 1 N–H and O–H groups in total. The molecular weight excluding hydrogens is 248 g/mol. The van der Waals surface area contributed by atoms with Crippen LogP contribution in [0.3, 0.4) is 0 Å². The van der Waals surface area contributed by atoms with Crippen molar-refractivity contribution in [3.05, 3.63) is 35.4 Å². The van der Waals surface area contributed by atoms with Crippen molar-refractivity contribution in [1.29, 1.82) is 0 Å². The van der Waals surface area contributed by atoms with E-state index in [1.807, 2.05) is 7.11 Å². The van der Waals surface area contributed by atoms with Crippen molar-refractivity contribution in [2.24, 2.45) is 5.41 Å². The Labute approximate surface area is 122 Å². The Bertz CT molecular complexity index is 435. The molecule has 1 aromatic carbocycles. The number of rotatable bonds is 4. The molecule has 3 nitrogen and oxygen atoms in total. The fraction of sp³-hybridized carbons (Fsp3) is 0.647. The van der Waals surface area contributed by atoms with Crippen molar-refractivity contribution >= 4 is 0 Å². The van der Waals surface area contributed by atoms with Crippen LogP contribution in [0.2, 0.25) is 0 Å². The van der Waals surface area contributed by atoms with E-state index in [0.717, 1.165) is 26.2 Å². The van der Waals surface area contributed by atoms with E-state index in [0.29, 0.717) is 5.41 Å². The predicted molar refractivity (Wildman–Crippen MR) is 81.8 cm³/mol. The molecule has 0 radical (unpaired) electrons. The zero-order valence-electron chi connectivity index (χ0n) is 12.5. The molecule has 2 aliphatic heterocycles. The minimum absolute atomic E-state index is 0.353. The van der Waals surface area contributed by atoms with E-state index in [1.54, 1.807) is 0 Å². The van der Waals surface area contributed by atoms with Gasteiger partial charge in [0, 0.05) is 32.2 Å². The van der Waals surface area contributed by atoms with Crippen molar-refractivity contribution in [1.82, 2.24) is 10.2 Å². The number of nitrogens with one attached hydrogen (secondary N) is 1. The van der Waals surface area contributed by atoms with Crippen LogP contribution in [0.25, 0.3) is 0 Å². The van der Waals surface area contributed by atoms with Gasteiger partial charge in [0.05, 0.1) is 6.61 Å². The maximum absolute atomic E-state index is 5.54. The first-order valence-corrected chi connectivity index (χ1v) is 7.80. The van der Waals surface area contributed by atoms with Gasteiger partial charge in [-0.05, 0) is 43.5 Å². The molecule has 0 unspecified atom stereocenters. The Morgan fingerprint density at radius 3 is 2.70 bits per heavy atom. The first kappa shape index (κ1) is 14.1. The number of hydrogen-bond donors (Lipinski definition) is 1. The quantitative estimate of drug-likeness (QED) is 0.909. The zero-order chi connectivity index (χ0) is 13.8. The average Bonchev–Trinajstić information content (AvgIpc) is 2.48. The number of nitrogens with zero attached hydrogens (tertiary/aromatic N) is 1. The maximum atomic E-state index is 5.54. The highest BCUT2D eigenvalue weighted by molar-refractivity contribution is 5.29. The van der Waals surface area contributed by atoms with Gasteiger partial charge in [0.25, 0.3) is 0 Å². The van der Waals surface area contributed by atoms with Crippen LogP contribution >= 0.6 is 0 Å². The summed E-state index contributed by atoms with van der Waals surface area (Å²) in [6, 6.07) is 8.89. The largest absolute Gasteiger partial charge is 0.384 e. The molecule has 2 aliphatic rings. The lowest BCUT2D eigenvalue weighted by Crippen LogP contribution is -2.48. The van der Waals surface area contributed by atoms with Gasteiger partial charge in [-0.3, -0.25) is 4.90 Å². The summed E-state index contributed by atoms with van der Waals surface area (Å²) in [5, 5.41) is 3.48. The van der Waals surface area contributed by atoms with Crippen molar-refractivity contribution in [3.63, 3.8) is 0 Å². The smallest absolute Gasteiger partial charge is 0.0531 e. The fourth-order valence-corrected chi connectivity index (χ4v) is 3.77. The molecule has 1 fully saturated rings. The summed E-state index contributed by atoms with van der Waals surface area (Å²) in [5.41, 5.74) is 3.40. The van der Waals surface area contributed by atoms with E-state index in [1.165, 1.54) is 43.5 Å². The minimum Gasteiger partial charge on any atom is -0.384 e. The molecule has 2 heterocycles. The number of benzene rings is 1. The number of hydrogen-bond acceptors (Lipinski definition) is 3. The molecular formula is C17H26N2O. The van der Waals surface area contributed by atoms with Crippen LogP contribution in [0.1, 0.15) is 24.0 Å². The lowest BCUT2D eigenvalue weighted by atomic mass is 9.78. The Kier molecular flexibility index (Phi) is 4.39. The maximum Gasteiger partial charge on any atom is 0.0531 e. The molecule has 0 atom stereocenters. The van der Waals surface area contributed by atoms with Crippen LogP contribution in [-0.2, 0) is 17.7 Å². The van der Waals surface area contributed by atoms with Gasteiger partial charge in [0.1, 0.15) is 0 Å². The number of methoxy groups -OCH3 is 1. The molecule has 0 saturated carbocycles. The van der Waals surface area contributed by atoms with Crippen molar-refractivity contribution in [2.45, 2.75) is 25.8 Å². The standard InChI is InChI=1S/C17H26N2O/c1-20-14-17(7-9-18-10-8-17)13-19-11-6-15-4-2-3-5-16(15)12-19/h2-5,18H,6-14H2,1H3. The summed E-state index contributed by atoms with van der Waals surface area (Å²) >= 11 is 0. The summed E-state index contributed by atoms with van der Waals surface area (Å²) in [5.74, 6) is 0.